The van der Waals surface area contributed by atoms with Crippen molar-refractivity contribution in [2.45, 2.75) is 25.9 Å². The summed E-state index contributed by atoms with van der Waals surface area (Å²) in [6.07, 6.45) is -0.883. The van der Waals surface area contributed by atoms with Gasteiger partial charge in [-0.15, -0.1) is 0 Å². The van der Waals surface area contributed by atoms with Crippen LogP contribution in [0.5, 0.6) is 0 Å². The number of alkyl halides is 1. The molecule has 0 saturated carbocycles. The average molecular weight is 181 g/mol. The van der Waals surface area contributed by atoms with Crippen molar-refractivity contribution >= 4 is 0 Å². The van der Waals surface area contributed by atoms with Crippen LogP contribution in [-0.4, -0.2) is 12.7 Å². The van der Waals surface area contributed by atoms with Gasteiger partial charge in [0.25, 0.3) is 0 Å². The highest BCUT2D eigenvalue weighted by molar-refractivity contribution is 5.26. The molecular formula is C11H16FN. The van der Waals surface area contributed by atoms with Crippen molar-refractivity contribution in [3.05, 3.63) is 35.4 Å². The van der Waals surface area contributed by atoms with E-state index in [0.29, 0.717) is 6.54 Å². The third kappa shape index (κ3) is 2.52. The second-order valence-electron chi connectivity index (χ2n) is 3.43. The maximum Gasteiger partial charge on any atom is 0.105 e. The first-order chi connectivity index (χ1) is 6.15. The summed E-state index contributed by atoms with van der Waals surface area (Å²) in [4.78, 5) is 0. The first kappa shape index (κ1) is 10.2. The first-order valence-electron chi connectivity index (χ1n) is 4.56. The maximum absolute atomic E-state index is 13.1. The van der Waals surface area contributed by atoms with Crippen molar-refractivity contribution in [1.82, 2.24) is 0 Å². The van der Waals surface area contributed by atoms with E-state index >= 15 is 0 Å². The lowest BCUT2D eigenvalue weighted by atomic mass is 9.94. The zero-order valence-electron chi connectivity index (χ0n) is 8.13. The molecule has 0 spiro atoms. The highest BCUT2D eigenvalue weighted by Gasteiger charge is 2.16. The van der Waals surface area contributed by atoms with Gasteiger partial charge in [-0.25, -0.2) is 4.39 Å². The molecule has 13 heavy (non-hydrogen) atoms. The molecule has 0 fully saturated rings. The third-order valence-electron chi connectivity index (χ3n) is 2.28. The van der Waals surface area contributed by atoms with E-state index in [-0.39, 0.29) is 5.92 Å². The molecule has 0 aliphatic rings. The lowest BCUT2D eigenvalue weighted by Crippen LogP contribution is -2.20. The van der Waals surface area contributed by atoms with Gasteiger partial charge in [0.2, 0.25) is 0 Å². The summed E-state index contributed by atoms with van der Waals surface area (Å²) in [6, 6.07) is 7.86. The minimum Gasteiger partial charge on any atom is -0.330 e. The molecule has 72 valence electrons. The molecule has 2 atom stereocenters. The van der Waals surface area contributed by atoms with Crippen LogP contribution >= 0.6 is 0 Å². The van der Waals surface area contributed by atoms with Crippen LogP contribution in [0.25, 0.3) is 0 Å². The number of nitrogens with two attached hydrogens (primary N) is 1. The largest absolute Gasteiger partial charge is 0.330 e. The smallest absolute Gasteiger partial charge is 0.105 e. The molecule has 0 heterocycles. The number of hydrogen-bond acceptors (Lipinski definition) is 1. The molecule has 0 radical (unpaired) electrons. The zero-order valence-corrected chi connectivity index (χ0v) is 8.13. The van der Waals surface area contributed by atoms with Crippen LogP contribution in [0.2, 0.25) is 0 Å². The second kappa shape index (κ2) is 4.38. The van der Waals surface area contributed by atoms with Crippen molar-refractivity contribution < 1.29 is 4.39 Å². The highest BCUT2D eigenvalue weighted by Crippen LogP contribution is 2.21. The van der Waals surface area contributed by atoms with E-state index in [1.54, 1.807) is 6.92 Å². The van der Waals surface area contributed by atoms with E-state index in [4.69, 9.17) is 5.73 Å². The molecule has 2 heteroatoms. The van der Waals surface area contributed by atoms with Crippen LogP contribution < -0.4 is 5.73 Å². The molecule has 1 nitrogen and oxygen atoms in total. The van der Waals surface area contributed by atoms with Gasteiger partial charge in [-0.1, -0.05) is 29.8 Å². The monoisotopic (exact) mass is 181 g/mol. The number of benzene rings is 1. The standard InChI is InChI=1S/C11H16FN/c1-8-4-3-5-10(6-8)11(7-13)9(2)12/h3-6,9,11H,7,13H2,1-2H3. The first-order valence-corrected chi connectivity index (χ1v) is 4.56. The van der Waals surface area contributed by atoms with E-state index in [9.17, 15) is 4.39 Å². The van der Waals surface area contributed by atoms with Gasteiger partial charge in [0, 0.05) is 12.5 Å². The molecule has 0 amide bonds. The minimum atomic E-state index is -0.883. The van der Waals surface area contributed by atoms with Crippen LogP contribution in [0, 0.1) is 6.92 Å². The van der Waals surface area contributed by atoms with Crippen LogP contribution in [0.3, 0.4) is 0 Å². The lowest BCUT2D eigenvalue weighted by molar-refractivity contribution is 0.308. The van der Waals surface area contributed by atoms with Gasteiger partial charge in [-0.2, -0.15) is 0 Å². The van der Waals surface area contributed by atoms with E-state index in [2.05, 4.69) is 0 Å². The lowest BCUT2D eigenvalue weighted by Gasteiger charge is -2.16. The van der Waals surface area contributed by atoms with Gasteiger partial charge < -0.3 is 5.73 Å². The molecule has 0 saturated heterocycles. The predicted molar refractivity (Wildman–Crippen MR) is 53.5 cm³/mol. The quantitative estimate of drug-likeness (QED) is 0.761. The minimum absolute atomic E-state index is 0.167. The molecule has 1 rings (SSSR count). The van der Waals surface area contributed by atoms with E-state index in [1.807, 2.05) is 31.2 Å². The Balaban J connectivity index is 2.91. The summed E-state index contributed by atoms with van der Waals surface area (Å²) in [5.41, 5.74) is 7.66. The van der Waals surface area contributed by atoms with Crippen molar-refractivity contribution in [2.75, 3.05) is 6.54 Å². The van der Waals surface area contributed by atoms with Gasteiger partial charge in [-0.05, 0) is 19.4 Å². The number of rotatable bonds is 3. The molecule has 2 N–H and O–H groups in total. The summed E-state index contributed by atoms with van der Waals surface area (Å²) in [6.45, 7) is 3.92. The Labute approximate surface area is 78.8 Å². The Kier molecular flexibility index (Phi) is 3.43. The fourth-order valence-electron chi connectivity index (χ4n) is 1.49. The fraction of sp³-hybridized carbons (Fsp3) is 0.455. The van der Waals surface area contributed by atoms with Crippen LogP contribution in [0.1, 0.15) is 24.0 Å². The van der Waals surface area contributed by atoms with E-state index < -0.39 is 6.17 Å². The summed E-state index contributed by atoms with van der Waals surface area (Å²) < 4.78 is 13.1. The SMILES string of the molecule is Cc1cccc(C(CN)C(C)F)c1. The normalized spacial score (nSPS) is 15.4. The van der Waals surface area contributed by atoms with Gasteiger partial charge in [0.15, 0.2) is 0 Å². The average Bonchev–Trinajstić information content (AvgIpc) is 2.04. The van der Waals surface area contributed by atoms with Gasteiger partial charge in [0.1, 0.15) is 6.17 Å². The van der Waals surface area contributed by atoms with Crippen molar-refractivity contribution in [3.63, 3.8) is 0 Å². The van der Waals surface area contributed by atoms with Crippen molar-refractivity contribution in [2.24, 2.45) is 5.73 Å². The second-order valence-corrected chi connectivity index (χ2v) is 3.43. The number of hydrogen-bond donors (Lipinski definition) is 1. The molecular weight excluding hydrogens is 165 g/mol. The van der Waals surface area contributed by atoms with Crippen molar-refractivity contribution in [3.8, 4) is 0 Å². The zero-order chi connectivity index (χ0) is 9.84. The van der Waals surface area contributed by atoms with E-state index in [1.165, 1.54) is 0 Å². The molecule has 0 aliphatic heterocycles. The highest BCUT2D eigenvalue weighted by atomic mass is 19.1. The Hall–Kier alpha value is -0.890. The molecule has 2 unspecified atom stereocenters. The Morgan fingerprint density at radius 1 is 1.46 bits per heavy atom. The van der Waals surface area contributed by atoms with Gasteiger partial charge in [-0.3, -0.25) is 0 Å². The van der Waals surface area contributed by atoms with Crippen LogP contribution in [-0.2, 0) is 0 Å². The molecule has 0 aliphatic carbocycles. The Morgan fingerprint density at radius 2 is 2.15 bits per heavy atom. The summed E-state index contributed by atoms with van der Waals surface area (Å²) in [5, 5.41) is 0. The van der Waals surface area contributed by atoms with Crippen molar-refractivity contribution in [1.29, 1.82) is 0 Å². The van der Waals surface area contributed by atoms with Crippen LogP contribution in [0.4, 0.5) is 4.39 Å². The molecule has 0 aromatic heterocycles. The number of halogens is 1. The Bertz CT molecular complexity index is 271. The summed E-state index contributed by atoms with van der Waals surface area (Å²) >= 11 is 0. The fourth-order valence-corrected chi connectivity index (χ4v) is 1.49. The Morgan fingerprint density at radius 3 is 2.62 bits per heavy atom. The number of aryl methyl sites for hydroxylation is 1. The topological polar surface area (TPSA) is 26.0 Å². The summed E-state index contributed by atoms with van der Waals surface area (Å²) in [5.74, 6) is -0.167. The summed E-state index contributed by atoms with van der Waals surface area (Å²) in [7, 11) is 0. The van der Waals surface area contributed by atoms with Gasteiger partial charge in [0.05, 0.1) is 0 Å². The third-order valence-corrected chi connectivity index (χ3v) is 2.28. The molecule has 1 aromatic carbocycles. The van der Waals surface area contributed by atoms with E-state index in [0.717, 1.165) is 11.1 Å². The molecule has 0 bridgehead atoms. The van der Waals surface area contributed by atoms with Gasteiger partial charge >= 0.3 is 0 Å². The molecule has 1 aromatic rings. The maximum atomic E-state index is 13.1. The predicted octanol–water partition coefficient (Wildman–Crippen LogP) is 2.40. The van der Waals surface area contributed by atoms with Crippen LogP contribution in [0.15, 0.2) is 24.3 Å².